The number of aliphatic hydroxyl groups is 11. The zero-order valence-corrected chi connectivity index (χ0v) is 47.1. The molecule has 0 radical (unpaired) electrons. The van der Waals surface area contributed by atoms with Crippen molar-refractivity contribution in [2.75, 3.05) is 26.4 Å². The molecule has 16 unspecified atom stereocenters. The average Bonchev–Trinajstić information content (AvgIpc) is 3.45. The van der Waals surface area contributed by atoms with E-state index in [1.807, 2.05) is 0 Å². The first-order valence-corrected chi connectivity index (χ1v) is 30.5. The molecule has 458 valence electrons. The van der Waals surface area contributed by atoms with Gasteiger partial charge in [0, 0.05) is 12.8 Å². The molecule has 0 amide bonds. The quantitative estimate of drug-likeness (QED) is 0.0180. The Morgan fingerprint density at radius 1 is 0.474 bits per heavy atom. The van der Waals surface area contributed by atoms with Crippen molar-refractivity contribution in [2.45, 2.75) is 291 Å². The molecule has 1 saturated carbocycles. The number of carbonyl (C=O) groups excluding carboxylic acids is 2. The van der Waals surface area contributed by atoms with Gasteiger partial charge in [0.2, 0.25) is 0 Å². The number of esters is 2. The maximum Gasteiger partial charge on any atom is 0.472 e. The van der Waals surface area contributed by atoms with Crippen molar-refractivity contribution in [3.8, 4) is 0 Å². The Labute approximate surface area is 461 Å². The zero-order chi connectivity index (χ0) is 57.5. The van der Waals surface area contributed by atoms with Crippen LogP contribution in [0.1, 0.15) is 187 Å². The highest BCUT2D eigenvalue weighted by Gasteiger charge is 2.58. The number of phosphoric ester groups is 1. The maximum absolute atomic E-state index is 14.0. The van der Waals surface area contributed by atoms with Gasteiger partial charge in [0.1, 0.15) is 92.1 Å². The molecular weight excluding hydrogens is 1050 g/mol. The fraction of sp³-hybridized carbons (Fsp3) is 0.926. The summed E-state index contributed by atoms with van der Waals surface area (Å²) in [6, 6.07) is 0. The van der Waals surface area contributed by atoms with Gasteiger partial charge >= 0.3 is 19.8 Å². The predicted molar refractivity (Wildman–Crippen MR) is 282 cm³/mol. The number of rotatable bonds is 42. The smallest absolute Gasteiger partial charge is 0.462 e. The van der Waals surface area contributed by atoms with Gasteiger partial charge in [0.05, 0.1) is 19.8 Å². The van der Waals surface area contributed by atoms with Crippen molar-refractivity contribution in [1.82, 2.24) is 0 Å². The standard InChI is InChI=1S/C54H99O23P/c1-3-5-7-9-11-13-15-17-19-21-23-25-27-29-31-40(58)72-36(34-70-39(57)30-28-26-24-22-20-18-16-14-12-10-8-6-4-2)35-71-78(68,69)77-52-50(75-53-48(66)43(61)41(59)37(32-55)73-53)46(64)45(63)47(65)51(52)76-54-49(67)44(62)42(60)38(33-56)74-54/h18,20,36-38,41-56,59-67H,3-17,19,21-35H2,1-2H3,(H,68,69)/b20-18-. The molecule has 78 heavy (non-hydrogen) atoms. The molecule has 0 aromatic heterocycles. The number of phosphoric acid groups is 1. The van der Waals surface area contributed by atoms with Crippen molar-refractivity contribution in [3.63, 3.8) is 0 Å². The lowest BCUT2D eigenvalue weighted by atomic mass is 9.84. The third-order valence-electron chi connectivity index (χ3n) is 14.6. The van der Waals surface area contributed by atoms with Gasteiger partial charge < -0.3 is 89.5 Å². The number of allylic oxidation sites excluding steroid dienone is 2. The van der Waals surface area contributed by atoms with Crippen LogP contribution in [-0.2, 0) is 51.6 Å². The van der Waals surface area contributed by atoms with Gasteiger partial charge in [-0.25, -0.2) is 4.57 Å². The van der Waals surface area contributed by atoms with E-state index in [1.165, 1.54) is 83.5 Å². The van der Waals surface area contributed by atoms with Gasteiger partial charge in [-0.05, 0) is 38.5 Å². The van der Waals surface area contributed by atoms with E-state index in [-0.39, 0.29) is 12.8 Å². The van der Waals surface area contributed by atoms with E-state index in [2.05, 4.69) is 26.0 Å². The fourth-order valence-corrected chi connectivity index (χ4v) is 10.7. The molecule has 0 aromatic carbocycles. The van der Waals surface area contributed by atoms with Crippen molar-refractivity contribution < 1.29 is 113 Å². The molecule has 16 atom stereocenters. The minimum Gasteiger partial charge on any atom is -0.462 e. The van der Waals surface area contributed by atoms with E-state index >= 15 is 0 Å². The summed E-state index contributed by atoms with van der Waals surface area (Å²) in [5.41, 5.74) is 0. The highest BCUT2D eigenvalue weighted by Crippen LogP contribution is 2.49. The molecular formula is C54H99O23P. The molecule has 2 aliphatic heterocycles. The zero-order valence-electron chi connectivity index (χ0n) is 46.2. The minimum absolute atomic E-state index is 0.0305. The summed E-state index contributed by atoms with van der Waals surface area (Å²) >= 11 is 0. The van der Waals surface area contributed by atoms with Crippen LogP contribution in [0.25, 0.3) is 0 Å². The van der Waals surface area contributed by atoms with E-state index in [0.717, 1.165) is 64.2 Å². The summed E-state index contributed by atoms with van der Waals surface area (Å²) in [5.74, 6) is -1.35. The molecule has 3 fully saturated rings. The third kappa shape index (κ3) is 25.4. The van der Waals surface area contributed by atoms with E-state index in [1.54, 1.807) is 0 Å². The summed E-state index contributed by atoms with van der Waals surface area (Å²) < 4.78 is 58.0. The Bertz CT molecular complexity index is 1610. The van der Waals surface area contributed by atoms with Gasteiger partial charge in [0.15, 0.2) is 18.7 Å². The minimum atomic E-state index is -5.63. The average molecular weight is 1150 g/mol. The third-order valence-corrected chi connectivity index (χ3v) is 15.6. The second kappa shape index (κ2) is 39.6. The molecule has 0 bridgehead atoms. The van der Waals surface area contributed by atoms with Gasteiger partial charge in [-0.2, -0.15) is 0 Å². The van der Waals surface area contributed by atoms with Crippen molar-refractivity contribution >= 4 is 19.8 Å². The van der Waals surface area contributed by atoms with Crippen LogP contribution in [0.15, 0.2) is 12.2 Å². The lowest BCUT2D eigenvalue weighted by Crippen LogP contribution is -2.69. The molecule has 12 N–H and O–H groups in total. The first-order chi connectivity index (χ1) is 37.4. The molecule has 23 nitrogen and oxygen atoms in total. The lowest BCUT2D eigenvalue weighted by molar-refractivity contribution is -0.360. The number of ether oxygens (including phenoxy) is 6. The molecule has 1 aliphatic carbocycles. The van der Waals surface area contributed by atoms with E-state index < -0.39 is 150 Å². The number of aliphatic hydroxyl groups excluding tert-OH is 11. The maximum atomic E-state index is 14.0. The molecule has 3 rings (SSSR count). The van der Waals surface area contributed by atoms with Gasteiger partial charge in [-0.15, -0.1) is 0 Å². The van der Waals surface area contributed by atoms with Crippen molar-refractivity contribution in [1.29, 1.82) is 0 Å². The second-order valence-corrected chi connectivity index (χ2v) is 22.6. The molecule has 24 heteroatoms. The molecule has 0 spiro atoms. The Balaban J connectivity index is 1.72. The summed E-state index contributed by atoms with van der Waals surface area (Å²) in [6.45, 7) is 0.981. The molecule has 2 heterocycles. The van der Waals surface area contributed by atoms with Crippen LogP contribution < -0.4 is 0 Å². The summed E-state index contributed by atoms with van der Waals surface area (Å²) in [6.07, 6.45) is -3.66. The Kier molecular flexibility index (Phi) is 35.8. The van der Waals surface area contributed by atoms with Crippen LogP contribution in [-0.4, -0.2) is 204 Å². The Morgan fingerprint density at radius 3 is 1.27 bits per heavy atom. The summed E-state index contributed by atoms with van der Waals surface area (Å²) in [5, 5.41) is 116. The highest BCUT2D eigenvalue weighted by molar-refractivity contribution is 7.47. The van der Waals surface area contributed by atoms with E-state index in [9.17, 15) is 75.2 Å². The van der Waals surface area contributed by atoms with Crippen LogP contribution in [0.5, 0.6) is 0 Å². The van der Waals surface area contributed by atoms with Crippen LogP contribution in [0.4, 0.5) is 0 Å². The summed E-state index contributed by atoms with van der Waals surface area (Å²) in [4.78, 5) is 37.4. The van der Waals surface area contributed by atoms with Crippen molar-refractivity contribution in [3.05, 3.63) is 12.2 Å². The number of carbonyl (C=O) groups is 2. The second-order valence-electron chi connectivity index (χ2n) is 21.2. The van der Waals surface area contributed by atoms with Crippen LogP contribution >= 0.6 is 7.82 Å². The van der Waals surface area contributed by atoms with E-state index in [0.29, 0.717) is 12.8 Å². The van der Waals surface area contributed by atoms with Crippen LogP contribution in [0.3, 0.4) is 0 Å². The van der Waals surface area contributed by atoms with E-state index in [4.69, 9.17) is 37.5 Å². The normalized spacial score (nSPS) is 31.8. The van der Waals surface area contributed by atoms with Gasteiger partial charge in [0.25, 0.3) is 0 Å². The Morgan fingerprint density at radius 2 is 0.846 bits per heavy atom. The number of unbranched alkanes of at least 4 members (excludes halogenated alkanes) is 22. The van der Waals surface area contributed by atoms with Gasteiger partial charge in [-0.1, -0.05) is 148 Å². The summed E-state index contributed by atoms with van der Waals surface area (Å²) in [7, 11) is -5.63. The topological polar surface area (TPSA) is 368 Å². The Hall–Kier alpha value is -1.81. The molecule has 0 aromatic rings. The highest BCUT2D eigenvalue weighted by atomic mass is 31.2. The lowest BCUT2D eigenvalue weighted by Gasteiger charge is -2.49. The number of hydrogen-bond acceptors (Lipinski definition) is 22. The predicted octanol–water partition coefficient (Wildman–Crippen LogP) is 3.54. The number of hydrogen-bond donors (Lipinski definition) is 12. The first kappa shape index (κ1) is 70.5. The molecule has 2 saturated heterocycles. The largest absolute Gasteiger partial charge is 0.472 e. The fourth-order valence-electron chi connectivity index (χ4n) is 9.70. The van der Waals surface area contributed by atoms with Crippen LogP contribution in [0.2, 0.25) is 0 Å². The monoisotopic (exact) mass is 1150 g/mol. The molecule has 3 aliphatic rings. The van der Waals surface area contributed by atoms with Gasteiger partial charge in [-0.3, -0.25) is 18.6 Å². The van der Waals surface area contributed by atoms with Crippen molar-refractivity contribution in [2.24, 2.45) is 0 Å². The van der Waals surface area contributed by atoms with Crippen LogP contribution in [0, 0.1) is 0 Å². The SMILES string of the molecule is CCCCCCCC/C=C\CCCCCC(=O)OCC(COP(=O)(O)OC1C(OC2OC(CO)C(O)C(O)C2O)C(O)C(O)C(O)C1OC1OC(CO)C(O)C(O)C1O)OC(=O)CCCCCCCCCCCCCCCC. The first-order valence-electron chi connectivity index (χ1n) is 29.0.